The fourth-order valence-corrected chi connectivity index (χ4v) is 4.71. The van der Waals surface area contributed by atoms with Gasteiger partial charge in [-0.3, -0.25) is 29.2 Å². The molecule has 5 N–H and O–H groups in total. The molecule has 3 rings (SSSR count). The van der Waals surface area contributed by atoms with Crippen LogP contribution in [0.5, 0.6) is 0 Å². The maximum atomic E-state index is 13.3. The quantitative estimate of drug-likeness (QED) is 0.281. The molecular formula is C30H43N5O6. The number of carbonyl (C=O) groups excluding carboxylic acids is 4. The average Bonchev–Trinajstić information content (AvgIpc) is 2.97. The first-order chi connectivity index (χ1) is 19.4. The minimum atomic E-state index is -1.25. The van der Waals surface area contributed by atoms with Gasteiger partial charge in [0, 0.05) is 17.6 Å². The van der Waals surface area contributed by atoms with Crippen LogP contribution in [0.25, 0.3) is 10.9 Å². The van der Waals surface area contributed by atoms with Crippen molar-refractivity contribution in [2.75, 3.05) is 13.2 Å². The van der Waals surface area contributed by atoms with Gasteiger partial charge in [0.25, 0.3) is 11.8 Å². The zero-order valence-corrected chi connectivity index (χ0v) is 24.6. The third-order valence-electron chi connectivity index (χ3n) is 7.61. The zero-order valence-electron chi connectivity index (χ0n) is 24.6. The van der Waals surface area contributed by atoms with Crippen molar-refractivity contribution < 1.29 is 29.0 Å². The van der Waals surface area contributed by atoms with E-state index in [2.05, 4.69) is 15.7 Å². The fraction of sp³-hybridized carbons (Fsp3) is 0.567. The van der Waals surface area contributed by atoms with Gasteiger partial charge in [0.05, 0.1) is 17.5 Å². The molecular weight excluding hydrogens is 526 g/mol. The highest BCUT2D eigenvalue weighted by Gasteiger charge is 2.39. The Hall–Kier alpha value is -3.57. The summed E-state index contributed by atoms with van der Waals surface area (Å²) in [5.74, 6) is -2.70. The molecule has 1 aromatic carbocycles. The summed E-state index contributed by atoms with van der Waals surface area (Å²) in [5, 5.41) is 15.1. The second-order valence-corrected chi connectivity index (χ2v) is 11.4. The van der Waals surface area contributed by atoms with Gasteiger partial charge in [0.15, 0.2) is 6.10 Å². The Labute approximate surface area is 241 Å². The number of aliphatic hydroxyl groups is 1. The van der Waals surface area contributed by atoms with Crippen molar-refractivity contribution in [1.29, 1.82) is 0 Å². The number of hydrogen-bond acceptors (Lipinski definition) is 8. The van der Waals surface area contributed by atoms with Crippen molar-refractivity contribution >= 4 is 34.6 Å². The van der Waals surface area contributed by atoms with E-state index in [0.717, 1.165) is 28.6 Å². The molecule has 0 aliphatic carbocycles. The van der Waals surface area contributed by atoms with E-state index < -0.39 is 59.8 Å². The van der Waals surface area contributed by atoms with Gasteiger partial charge in [-0.2, -0.15) is 0 Å². The monoisotopic (exact) mass is 569 g/mol. The van der Waals surface area contributed by atoms with E-state index >= 15 is 0 Å². The lowest BCUT2D eigenvalue weighted by Gasteiger charge is -2.34. The van der Waals surface area contributed by atoms with Crippen LogP contribution in [0.3, 0.4) is 0 Å². The Morgan fingerprint density at radius 1 is 1.22 bits per heavy atom. The predicted octanol–water partition coefficient (Wildman–Crippen LogP) is 1.78. The number of nitrogens with two attached hydrogens (primary N) is 1. The van der Waals surface area contributed by atoms with E-state index in [0.29, 0.717) is 32.2 Å². The third kappa shape index (κ3) is 8.01. The Kier molecular flexibility index (Phi) is 10.8. The van der Waals surface area contributed by atoms with Crippen LogP contribution in [-0.2, 0) is 36.8 Å². The normalized spacial score (nSPS) is 18.4. The molecule has 3 amide bonds. The lowest BCUT2D eigenvalue weighted by molar-refractivity contribution is -0.170. The molecule has 11 heteroatoms. The number of ether oxygens (including phenoxy) is 1. The number of benzene rings is 1. The smallest absolute Gasteiger partial charge is 0.314 e. The van der Waals surface area contributed by atoms with Crippen LogP contribution in [-0.4, -0.2) is 70.1 Å². The number of fused-ring (bicyclic) bond motifs is 1. The lowest BCUT2D eigenvalue weighted by atomic mass is 9.84. The lowest BCUT2D eigenvalue weighted by Crippen LogP contribution is -2.60. The molecule has 11 nitrogen and oxygen atoms in total. The summed E-state index contributed by atoms with van der Waals surface area (Å²) >= 11 is 0. The summed E-state index contributed by atoms with van der Waals surface area (Å²) in [6.07, 6.45) is 1.57. The molecule has 0 spiro atoms. The largest absolute Gasteiger partial charge is 0.451 e. The van der Waals surface area contributed by atoms with Gasteiger partial charge in [-0.05, 0) is 69.6 Å². The van der Waals surface area contributed by atoms with Crippen molar-refractivity contribution in [2.45, 2.75) is 84.9 Å². The van der Waals surface area contributed by atoms with Crippen molar-refractivity contribution in [1.82, 2.24) is 20.7 Å². The van der Waals surface area contributed by atoms with Crippen molar-refractivity contribution in [2.24, 2.45) is 17.1 Å². The van der Waals surface area contributed by atoms with Crippen LogP contribution in [0.15, 0.2) is 30.3 Å². The fourth-order valence-electron chi connectivity index (χ4n) is 4.71. The first-order valence-corrected chi connectivity index (χ1v) is 14.3. The highest BCUT2D eigenvalue weighted by molar-refractivity contribution is 5.91. The summed E-state index contributed by atoms with van der Waals surface area (Å²) in [5.41, 5.74) is 9.76. The number of amides is 3. The summed E-state index contributed by atoms with van der Waals surface area (Å²) in [7, 11) is 0. The first-order valence-electron chi connectivity index (χ1n) is 14.3. The SMILES string of the molecule is CCc1ccc2ccc(CC[C@](C)(CO)C(=O)OC(C(=O)NC(C)C(=O)N3CCCC(C(N)=O)N3)C(C)C)cc2n1. The molecule has 224 valence electrons. The summed E-state index contributed by atoms with van der Waals surface area (Å²) in [6, 6.07) is 8.39. The van der Waals surface area contributed by atoms with Crippen molar-refractivity contribution in [3.63, 3.8) is 0 Å². The minimum absolute atomic E-state index is 0.296. The van der Waals surface area contributed by atoms with E-state index in [9.17, 15) is 24.3 Å². The van der Waals surface area contributed by atoms with Crippen LogP contribution < -0.4 is 16.5 Å². The van der Waals surface area contributed by atoms with E-state index in [4.69, 9.17) is 10.5 Å². The number of hydrazine groups is 1. The molecule has 1 aliphatic rings. The number of aromatic nitrogens is 1. The van der Waals surface area contributed by atoms with Crippen LogP contribution >= 0.6 is 0 Å². The van der Waals surface area contributed by atoms with Crippen molar-refractivity contribution in [3.8, 4) is 0 Å². The Balaban J connectivity index is 1.63. The second-order valence-electron chi connectivity index (χ2n) is 11.4. The molecule has 2 heterocycles. The van der Waals surface area contributed by atoms with Gasteiger partial charge >= 0.3 is 5.97 Å². The standard InChI is InChI=1S/C30H43N5O6/c1-6-22-12-11-21-10-9-20(16-24(21)33-22)13-14-30(5,17-36)29(40)41-25(18(2)3)27(38)32-19(4)28(39)35-15-7-8-23(34-35)26(31)37/h9-12,16,18-19,23,25,34,36H,6-8,13-15,17H2,1-5H3,(H2,31,37)(H,32,38)/t19?,23?,25?,30-/m1/s1. The van der Waals surface area contributed by atoms with Gasteiger partial charge in [-0.25, -0.2) is 5.43 Å². The van der Waals surface area contributed by atoms with Gasteiger partial charge in [-0.1, -0.05) is 39.0 Å². The Morgan fingerprint density at radius 2 is 1.93 bits per heavy atom. The molecule has 1 saturated heterocycles. The number of aryl methyl sites for hydroxylation is 2. The number of aliphatic hydroxyl groups excluding tert-OH is 1. The molecule has 0 bridgehead atoms. The highest BCUT2D eigenvalue weighted by atomic mass is 16.6. The number of rotatable bonds is 12. The van der Waals surface area contributed by atoms with Gasteiger partial charge < -0.3 is 20.9 Å². The summed E-state index contributed by atoms with van der Waals surface area (Å²) in [4.78, 5) is 55.5. The average molecular weight is 570 g/mol. The molecule has 41 heavy (non-hydrogen) atoms. The van der Waals surface area contributed by atoms with E-state index in [-0.39, 0.29) is 0 Å². The topological polar surface area (TPSA) is 164 Å². The number of carbonyl (C=O) groups is 4. The maximum absolute atomic E-state index is 13.3. The number of primary amides is 1. The van der Waals surface area contributed by atoms with Crippen molar-refractivity contribution in [3.05, 3.63) is 41.6 Å². The predicted molar refractivity (Wildman–Crippen MR) is 154 cm³/mol. The minimum Gasteiger partial charge on any atom is -0.451 e. The van der Waals surface area contributed by atoms with Gasteiger partial charge in [-0.15, -0.1) is 0 Å². The first kappa shape index (κ1) is 32.0. The van der Waals surface area contributed by atoms with E-state index in [1.165, 1.54) is 11.9 Å². The second kappa shape index (κ2) is 13.9. The molecule has 1 aliphatic heterocycles. The Morgan fingerprint density at radius 3 is 2.56 bits per heavy atom. The zero-order chi connectivity index (χ0) is 30.3. The Bertz CT molecular complexity index is 1270. The van der Waals surface area contributed by atoms with E-state index in [1.807, 2.05) is 37.3 Å². The van der Waals surface area contributed by atoms with Crippen LogP contribution in [0, 0.1) is 11.3 Å². The van der Waals surface area contributed by atoms with Gasteiger partial charge in [0.1, 0.15) is 12.1 Å². The molecule has 1 aromatic heterocycles. The van der Waals surface area contributed by atoms with Gasteiger partial charge in [0.2, 0.25) is 5.91 Å². The number of hydrogen-bond donors (Lipinski definition) is 4. The highest BCUT2D eigenvalue weighted by Crippen LogP contribution is 2.28. The summed E-state index contributed by atoms with van der Waals surface area (Å²) in [6.45, 7) is 8.56. The molecule has 0 radical (unpaired) electrons. The molecule has 1 fully saturated rings. The van der Waals surface area contributed by atoms with Crippen LogP contribution in [0.1, 0.15) is 65.1 Å². The molecule has 4 atom stereocenters. The molecule has 2 aromatic rings. The number of pyridine rings is 1. The molecule has 0 saturated carbocycles. The van der Waals surface area contributed by atoms with E-state index in [1.54, 1.807) is 20.8 Å². The van der Waals surface area contributed by atoms with Crippen LogP contribution in [0.4, 0.5) is 0 Å². The number of nitrogens with one attached hydrogen (secondary N) is 2. The third-order valence-corrected chi connectivity index (χ3v) is 7.61. The maximum Gasteiger partial charge on any atom is 0.314 e. The summed E-state index contributed by atoms with van der Waals surface area (Å²) < 4.78 is 5.67. The number of nitrogens with zero attached hydrogens (tertiary/aromatic N) is 2. The molecule has 3 unspecified atom stereocenters. The number of esters is 1. The van der Waals surface area contributed by atoms with Crippen LogP contribution in [0.2, 0.25) is 0 Å².